The average Bonchev–Trinajstić information content (AvgIpc) is 3.10. The number of esters is 1. The normalized spacial score (nSPS) is 22.5. The minimum absolute atomic E-state index is 0.126. The van der Waals surface area contributed by atoms with E-state index in [2.05, 4.69) is 25.4 Å². The summed E-state index contributed by atoms with van der Waals surface area (Å²) in [6, 6.07) is 1.47. The van der Waals surface area contributed by atoms with E-state index in [1.807, 2.05) is 0 Å². The van der Waals surface area contributed by atoms with Gasteiger partial charge in [0.25, 0.3) is 5.91 Å². The third-order valence-electron chi connectivity index (χ3n) is 4.92. The quantitative estimate of drug-likeness (QED) is 0.227. The number of carbonyl (C=O) groups is 2. The fraction of sp³-hybridized carbons (Fsp3) is 0.500. The summed E-state index contributed by atoms with van der Waals surface area (Å²) < 4.78 is 43.0. The molecule has 3 heterocycles. The van der Waals surface area contributed by atoms with Crippen molar-refractivity contribution in [1.29, 1.82) is 0 Å². The number of aromatic amines is 1. The molecule has 1 saturated heterocycles. The number of aliphatic hydroxyl groups excluding tert-OH is 1. The first-order chi connectivity index (χ1) is 17.5. The predicted molar refractivity (Wildman–Crippen MR) is 124 cm³/mol. The van der Waals surface area contributed by atoms with E-state index in [1.165, 1.54) is 19.1 Å². The van der Waals surface area contributed by atoms with Crippen molar-refractivity contribution in [3.05, 3.63) is 51.2 Å². The van der Waals surface area contributed by atoms with Crippen molar-refractivity contribution in [3.63, 3.8) is 0 Å². The number of aromatic nitrogens is 4. The molecule has 0 radical (unpaired) electrons. The summed E-state index contributed by atoms with van der Waals surface area (Å²) >= 11 is 0. The maximum Gasteiger partial charge on any atom is 0.613 e. The maximum atomic E-state index is 14.8. The minimum Gasteiger partial charge on any atom is -0.462 e. The topological polar surface area (TPSA) is 204 Å². The largest absolute Gasteiger partial charge is 0.613 e. The lowest BCUT2D eigenvalue weighted by Gasteiger charge is -2.16. The Morgan fingerprint density at radius 1 is 1.32 bits per heavy atom. The second-order valence-electron chi connectivity index (χ2n) is 8.13. The molecule has 0 aliphatic carbocycles. The highest BCUT2D eigenvalue weighted by atomic mass is 31.1. The predicted octanol–water partition coefficient (Wildman–Crippen LogP) is -0.221. The molecule has 2 unspecified atom stereocenters. The van der Waals surface area contributed by atoms with Gasteiger partial charge >= 0.3 is 25.5 Å². The smallest absolute Gasteiger partial charge is 0.462 e. The number of nitrogens with one attached hydrogen (secondary N) is 3. The first-order valence-electron chi connectivity index (χ1n) is 11.0. The number of carbonyl (C=O) groups excluding carboxylic acids is 2. The van der Waals surface area contributed by atoms with Crippen LogP contribution in [0.2, 0.25) is 0 Å². The van der Waals surface area contributed by atoms with Gasteiger partial charge in [-0.2, -0.15) is 4.98 Å². The summed E-state index contributed by atoms with van der Waals surface area (Å²) in [5.41, 5.74) is -1.88. The Balaban J connectivity index is 1.59. The van der Waals surface area contributed by atoms with Crippen LogP contribution in [0.5, 0.6) is 0 Å². The molecule has 2 aromatic rings. The second-order valence-corrected chi connectivity index (χ2v) is 9.17. The van der Waals surface area contributed by atoms with Crippen molar-refractivity contribution in [3.8, 4) is 0 Å². The molecule has 0 bridgehead atoms. The van der Waals surface area contributed by atoms with E-state index in [0.717, 1.165) is 17.0 Å². The molecule has 1 aliphatic heterocycles. The Bertz CT molecular complexity index is 1270. The van der Waals surface area contributed by atoms with E-state index in [4.69, 9.17) is 14.0 Å². The van der Waals surface area contributed by atoms with Gasteiger partial charge in [-0.3, -0.25) is 14.2 Å². The zero-order chi connectivity index (χ0) is 27.3. The zero-order valence-corrected chi connectivity index (χ0v) is 20.8. The van der Waals surface area contributed by atoms with Gasteiger partial charge in [-0.1, -0.05) is 5.09 Å². The molecular formula is C20H25FN6O9P+. The first kappa shape index (κ1) is 28.1. The van der Waals surface area contributed by atoms with Crippen molar-refractivity contribution in [1.82, 2.24) is 24.6 Å². The molecule has 4 N–H and O–H groups in total. The van der Waals surface area contributed by atoms with Gasteiger partial charge in [0, 0.05) is 12.4 Å². The number of ether oxygens (including phenoxy) is 2. The molecule has 37 heavy (non-hydrogen) atoms. The Morgan fingerprint density at radius 3 is 2.70 bits per heavy atom. The van der Waals surface area contributed by atoms with Gasteiger partial charge in [0.2, 0.25) is 0 Å². The number of rotatable bonds is 10. The third kappa shape index (κ3) is 7.30. The third-order valence-corrected chi connectivity index (χ3v) is 5.90. The van der Waals surface area contributed by atoms with Crippen LogP contribution in [0.25, 0.3) is 0 Å². The molecule has 0 spiro atoms. The van der Waals surface area contributed by atoms with Crippen LogP contribution in [0.3, 0.4) is 0 Å². The van der Waals surface area contributed by atoms with E-state index in [0.29, 0.717) is 0 Å². The van der Waals surface area contributed by atoms with Crippen LogP contribution in [-0.4, -0.2) is 73.6 Å². The number of hydrogen-bond donors (Lipinski definition) is 4. The van der Waals surface area contributed by atoms with Crippen molar-refractivity contribution < 1.29 is 37.6 Å². The van der Waals surface area contributed by atoms with Crippen molar-refractivity contribution in [2.75, 3.05) is 11.9 Å². The van der Waals surface area contributed by atoms with Crippen molar-refractivity contribution in [2.24, 2.45) is 0 Å². The molecule has 1 aliphatic rings. The van der Waals surface area contributed by atoms with Crippen molar-refractivity contribution >= 4 is 25.9 Å². The summed E-state index contributed by atoms with van der Waals surface area (Å²) in [5.74, 6) is -1.61. The number of nitrogens with zero attached hydrogens (tertiary/aromatic N) is 3. The average molecular weight is 543 g/mol. The lowest BCUT2D eigenvalue weighted by molar-refractivity contribution is -0.149. The van der Waals surface area contributed by atoms with Crippen LogP contribution in [-0.2, 0) is 23.4 Å². The lowest BCUT2D eigenvalue weighted by atomic mass is 10.1. The number of H-pyrrole nitrogens is 1. The Labute approximate surface area is 209 Å². The van der Waals surface area contributed by atoms with Crippen molar-refractivity contribution in [2.45, 2.75) is 57.5 Å². The number of amides is 1. The molecular weight excluding hydrogens is 518 g/mol. The number of alkyl halides is 1. The van der Waals surface area contributed by atoms with Crippen LogP contribution in [0.15, 0.2) is 34.1 Å². The molecule has 15 nitrogen and oxygen atoms in total. The van der Waals surface area contributed by atoms with Gasteiger partial charge in [0.1, 0.15) is 36.4 Å². The van der Waals surface area contributed by atoms with Crippen LogP contribution >= 0.6 is 8.18 Å². The maximum absolute atomic E-state index is 14.8. The summed E-state index contributed by atoms with van der Waals surface area (Å²) in [5, 5.41) is 14.9. The van der Waals surface area contributed by atoms with Gasteiger partial charge in [0.05, 0.1) is 6.10 Å². The standard InChI is InChI=1S/C20H24FN6O9P/c1-9(2)35-18(30)10(3)26-37(33)34-8-12-15(28)14(21)17(36-12)27-7-5-13(25-20(27)32)24-16(29)11-4-6-22-19(31)23-11/h4-7,9-10,12,14-15,17,28H,8H2,1-3H3,(H2-,22,23,24,25,26,29,31,32,33)/p+1/t10?,12-,14-,15-,17-/m1/s1. The van der Waals surface area contributed by atoms with Gasteiger partial charge in [-0.05, 0) is 37.5 Å². The fourth-order valence-electron chi connectivity index (χ4n) is 3.15. The van der Waals surface area contributed by atoms with Crippen LogP contribution in [0, 0.1) is 0 Å². The van der Waals surface area contributed by atoms with Gasteiger partial charge in [-0.25, -0.2) is 19.0 Å². The Hall–Kier alpha value is -3.43. The minimum atomic E-state index is -2.60. The zero-order valence-electron chi connectivity index (χ0n) is 19.9. The van der Waals surface area contributed by atoms with E-state index in [1.54, 1.807) is 13.8 Å². The van der Waals surface area contributed by atoms with E-state index < -0.39 is 68.7 Å². The van der Waals surface area contributed by atoms with Crippen LogP contribution < -0.4 is 21.8 Å². The molecule has 0 aromatic carbocycles. The van der Waals surface area contributed by atoms with Gasteiger partial charge < -0.3 is 24.9 Å². The fourth-order valence-corrected chi connectivity index (χ4v) is 3.93. The SMILES string of the molecule is CC(C)OC(=O)C(C)N[P+](=O)OC[C@H]1O[C@@H](n2ccc(NC(=O)c3ccnc(=O)[nH]3)nc2=O)[C@H](F)[C@@H]1O. The first-order valence-corrected chi connectivity index (χ1v) is 12.1. The highest BCUT2D eigenvalue weighted by Gasteiger charge is 2.47. The highest BCUT2D eigenvalue weighted by Crippen LogP contribution is 2.32. The van der Waals surface area contributed by atoms with Gasteiger partial charge in [-0.15, -0.1) is 4.52 Å². The second kappa shape index (κ2) is 12.2. The molecule has 17 heteroatoms. The van der Waals surface area contributed by atoms with Gasteiger partial charge in [0.15, 0.2) is 12.4 Å². The summed E-state index contributed by atoms with van der Waals surface area (Å²) in [4.78, 5) is 56.9. The Kier molecular flexibility index (Phi) is 9.29. The monoisotopic (exact) mass is 543 g/mol. The van der Waals surface area contributed by atoms with E-state index >= 15 is 0 Å². The molecule has 1 fully saturated rings. The summed E-state index contributed by atoms with van der Waals surface area (Å²) in [6.07, 6.45) is -4.84. The number of halogens is 1. The molecule has 1 amide bonds. The summed E-state index contributed by atoms with van der Waals surface area (Å²) in [7, 11) is -2.60. The number of anilines is 1. The highest BCUT2D eigenvalue weighted by molar-refractivity contribution is 7.36. The van der Waals surface area contributed by atoms with E-state index in [-0.39, 0.29) is 17.6 Å². The molecule has 6 atom stereocenters. The number of hydrogen-bond acceptors (Lipinski definition) is 11. The molecule has 3 rings (SSSR count). The molecule has 0 saturated carbocycles. The van der Waals surface area contributed by atoms with Crippen LogP contribution in [0.4, 0.5) is 10.2 Å². The van der Waals surface area contributed by atoms with Crippen LogP contribution in [0.1, 0.15) is 37.5 Å². The van der Waals surface area contributed by atoms with E-state index in [9.17, 15) is 33.2 Å². The molecule has 200 valence electrons. The number of aliphatic hydroxyl groups is 1. The lowest BCUT2D eigenvalue weighted by Crippen LogP contribution is -2.34. The Morgan fingerprint density at radius 2 is 2.05 bits per heavy atom. The summed E-state index contributed by atoms with van der Waals surface area (Å²) in [6.45, 7) is 4.20. The molecule has 2 aromatic heterocycles.